The Morgan fingerprint density at radius 3 is 2.83 bits per heavy atom. The van der Waals surface area contributed by atoms with Crippen molar-refractivity contribution in [3.8, 4) is 5.69 Å². The number of halogens is 1. The summed E-state index contributed by atoms with van der Waals surface area (Å²) < 4.78 is 2.96. The van der Waals surface area contributed by atoms with Crippen molar-refractivity contribution in [2.24, 2.45) is 0 Å². The second-order valence-corrected chi connectivity index (χ2v) is 5.52. The van der Waals surface area contributed by atoms with Gasteiger partial charge >= 0.3 is 0 Å². The lowest BCUT2D eigenvalue weighted by Gasteiger charge is -2.11. The zero-order chi connectivity index (χ0) is 13.1. The van der Waals surface area contributed by atoms with Crippen molar-refractivity contribution >= 4 is 15.9 Å². The predicted octanol–water partition coefficient (Wildman–Crippen LogP) is 2.84. The van der Waals surface area contributed by atoms with Crippen molar-refractivity contribution in [3.05, 3.63) is 40.1 Å². The summed E-state index contributed by atoms with van der Waals surface area (Å²) in [6, 6.07) is 6.59. The molecule has 0 aliphatic heterocycles. The van der Waals surface area contributed by atoms with Crippen LogP contribution in [0.5, 0.6) is 0 Å². The van der Waals surface area contributed by atoms with E-state index in [-0.39, 0.29) is 0 Å². The van der Waals surface area contributed by atoms with E-state index in [9.17, 15) is 0 Å². The van der Waals surface area contributed by atoms with E-state index in [1.807, 2.05) is 16.8 Å². The molecule has 4 nitrogen and oxygen atoms in total. The lowest BCUT2D eigenvalue weighted by Crippen LogP contribution is -2.23. The maximum atomic E-state index is 4.17. The molecule has 96 valence electrons. The van der Waals surface area contributed by atoms with Gasteiger partial charge in [-0.15, -0.1) is 5.10 Å². The van der Waals surface area contributed by atoms with Gasteiger partial charge in [-0.05, 0) is 30.7 Å². The number of hydrogen-bond acceptors (Lipinski definition) is 3. The van der Waals surface area contributed by atoms with Gasteiger partial charge in [-0.2, -0.15) is 0 Å². The summed E-state index contributed by atoms with van der Waals surface area (Å²) in [7, 11) is 0. The average molecular weight is 309 g/mol. The van der Waals surface area contributed by atoms with Crippen LogP contribution in [0.15, 0.2) is 28.9 Å². The fourth-order valence-corrected chi connectivity index (χ4v) is 2.22. The lowest BCUT2D eigenvalue weighted by molar-refractivity contribution is 0.570. The molecular weight excluding hydrogens is 292 g/mol. The summed E-state index contributed by atoms with van der Waals surface area (Å²) in [5, 5.41) is 11.5. The summed E-state index contributed by atoms with van der Waals surface area (Å²) in [6.07, 6.45) is 1.80. The van der Waals surface area contributed by atoms with Gasteiger partial charge in [-0.3, -0.25) is 0 Å². The first-order valence-corrected chi connectivity index (χ1v) is 6.76. The van der Waals surface area contributed by atoms with Crippen LogP contribution in [0.25, 0.3) is 5.69 Å². The number of nitrogens with one attached hydrogen (secondary N) is 1. The minimum atomic E-state index is 0.444. The van der Waals surface area contributed by atoms with Crippen molar-refractivity contribution < 1.29 is 0 Å². The molecular formula is C13H17BrN4. The van der Waals surface area contributed by atoms with Crippen molar-refractivity contribution in [1.29, 1.82) is 0 Å². The fraction of sp³-hybridized carbons (Fsp3) is 0.385. The normalized spacial score (nSPS) is 11.2. The molecule has 0 aliphatic rings. The minimum absolute atomic E-state index is 0.444. The van der Waals surface area contributed by atoms with Gasteiger partial charge in [-0.25, -0.2) is 4.68 Å². The van der Waals surface area contributed by atoms with Crippen LogP contribution in [0.2, 0.25) is 0 Å². The van der Waals surface area contributed by atoms with Crippen LogP contribution in [-0.4, -0.2) is 21.0 Å². The van der Waals surface area contributed by atoms with Gasteiger partial charge < -0.3 is 5.32 Å². The largest absolute Gasteiger partial charge is 0.309 e. The number of aromatic nitrogens is 3. The highest BCUT2D eigenvalue weighted by molar-refractivity contribution is 9.10. The zero-order valence-electron chi connectivity index (χ0n) is 10.8. The highest BCUT2D eigenvalue weighted by Crippen LogP contribution is 2.19. The van der Waals surface area contributed by atoms with Crippen LogP contribution in [-0.2, 0) is 6.54 Å². The standard InChI is InChI=1S/C13H17BrN4/c1-9(2)15-7-12-8-16-17-18(12)13-5-4-11(14)6-10(13)3/h4-6,8-9,15H,7H2,1-3H3. The average Bonchev–Trinajstić information content (AvgIpc) is 2.74. The molecule has 0 atom stereocenters. The van der Waals surface area contributed by atoms with Crippen molar-refractivity contribution in [3.63, 3.8) is 0 Å². The Kier molecular flexibility index (Phi) is 4.14. The monoisotopic (exact) mass is 308 g/mol. The predicted molar refractivity (Wildman–Crippen MR) is 75.8 cm³/mol. The molecule has 5 heteroatoms. The van der Waals surface area contributed by atoms with E-state index in [0.717, 1.165) is 22.4 Å². The first-order chi connectivity index (χ1) is 8.58. The molecule has 0 radical (unpaired) electrons. The third-order valence-corrected chi connectivity index (χ3v) is 3.19. The fourth-order valence-electron chi connectivity index (χ4n) is 1.74. The van der Waals surface area contributed by atoms with Gasteiger partial charge in [0.2, 0.25) is 0 Å². The molecule has 0 saturated heterocycles. The minimum Gasteiger partial charge on any atom is -0.309 e. The Bertz CT molecular complexity index is 534. The molecule has 1 aromatic carbocycles. The Morgan fingerprint density at radius 1 is 1.39 bits per heavy atom. The van der Waals surface area contributed by atoms with Gasteiger partial charge in [0, 0.05) is 17.1 Å². The number of benzene rings is 1. The quantitative estimate of drug-likeness (QED) is 0.944. The Labute approximate surface area is 116 Å². The van der Waals surface area contributed by atoms with E-state index in [1.165, 1.54) is 5.56 Å². The van der Waals surface area contributed by atoms with Gasteiger partial charge in [0.1, 0.15) is 0 Å². The molecule has 0 bridgehead atoms. The molecule has 1 N–H and O–H groups in total. The van der Waals surface area contributed by atoms with Crippen LogP contribution < -0.4 is 5.32 Å². The highest BCUT2D eigenvalue weighted by atomic mass is 79.9. The number of nitrogens with zero attached hydrogens (tertiary/aromatic N) is 3. The number of hydrogen-bond donors (Lipinski definition) is 1. The van der Waals surface area contributed by atoms with Crippen molar-refractivity contribution in [2.75, 3.05) is 0 Å². The van der Waals surface area contributed by atoms with E-state index in [4.69, 9.17) is 0 Å². The number of aryl methyl sites for hydroxylation is 1. The maximum Gasteiger partial charge on any atom is 0.0783 e. The summed E-state index contributed by atoms with van der Waals surface area (Å²) in [5.41, 5.74) is 3.30. The molecule has 0 amide bonds. The van der Waals surface area contributed by atoms with Gasteiger partial charge in [-0.1, -0.05) is 35.0 Å². The molecule has 1 heterocycles. The lowest BCUT2D eigenvalue weighted by atomic mass is 10.2. The first kappa shape index (κ1) is 13.2. The van der Waals surface area contributed by atoms with E-state index in [1.54, 1.807) is 6.20 Å². The number of rotatable bonds is 4. The first-order valence-electron chi connectivity index (χ1n) is 5.97. The molecule has 18 heavy (non-hydrogen) atoms. The molecule has 0 saturated carbocycles. The Balaban J connectivity index is 2.30. The van der Waals surface area contributed by atoms with E-state index >= 15 is 0 Å². The van der Waals surface area contributed by atoms with Gasteiger partial charge in [0.15, 0.2) is 0 Å². The van der Waals surface area contributed by atoms with Crippen LogP contribution >= 0.6 is 15.9 Å². The molecule has 2 aromatic rings. The molecule has 0 fully saturated rings. The third kappa shape index (κ3) is 2.97. The van der Waals surface area contributed by atoms with Crippen LogP contribution in [0, 0.1) is 6.92 Å². The van der Waals surface area contributed by atoms with Gasteiger partial charge in [0.05, 0.1) is 17.6 Å². The van der Waals surface area contributed by atoms with Crippen molar-refractivity contribution in [1.82, 2.24) is 20.3 Å². The van der Waals surface area contributed by atoms with Gasteiger partial charge in [0.25, 0.3) is 0 Å². The second kappa shape index (κ2) is 5.63. The van der Waals surface area contributed by atoms with Crippen LogP contribution in [0.4, 0.5) is 0 Å². The topological polar surface area (TPSA) is 42.7 Å². The van der Waals surface area contributed by atoms with E-state index in [2.05, 4.69) is 58.4 Å². The summed E-state index contributed by atoms with van der Waals surface area (Å²) >= 11 is 3.47. The maximum absolute atomic E-state index is 4.17. The Morgan fingerprint density at radius 2 is 2.17 bits per heavy atom. The molecule has 1 aromatic heterocycles. The van der Waals surface area contributed by atoms with Crippen molar-refractivity contribution in [2.45, 2.75) is 33.4 Å². The Hall–Kier alpha value is -1.20. The molecule has 2 rings (SSSR count). The molecule has 0 spiro atoms. The summed E-state index contributed by atoms with van der Waals surface area (Å²) in [4.78, 5) is 0. The summed E-state index contributed by atoms with van der Waals surface area (Å²) in [5.74, 6) is 0. The molecule has 0 aliphatic carbocycles. The zero-order valence-corrected chi connectivity index (χ0v) is 12.4. The van der Waals surface area contributed by atoms with Crippen LogP contribution in [0.3, 0.4) is 0 Å². The highest BCUT2D eigenvalue weighted by Gasteiger charge is 2.09. The second-order valence-electron chi connectivity index (χ2n) is 4.60. The van der Waals surface area contributed by atoms with E-state index < -0.39 is 0 Å². The smallest absolute Gasteiger partial charge is 0.0783 e. The molecule has 0 unspecified atom stereocenters. The van der Waals surface area contributed by atoms with E-state index in [0.29, 0.717) is 6.04 Å². The van der Waals surface area contributed by atoms with Crippen LogP contribution in [0.1, 0.15) is 25.1 Å². The third-order valence-electron chi connectivity index (χ3n) is 2.70. The summed E-state index contributed by atoms with van der Waals surface area (Å²) in [6.45, 7) is 7.08. The SMILES string of the molecule is Cc1cc(Br)ccc1-n1nncc1CNC(C)C.